The maximum atomic E-state index is 12.5. The predicted octanol–water partition coefficient (Wildman–Crippen LogP) is 3.96. The van der Waals surface area contributed by atoms with Gasteiger partial charge in [-0.2, -0.15) is 4.99 Å². The molecule has 120 valence electrons. The number of carbonyl (C=O) groups excluding carboxylic acids is 1. The molecule has 1 aromatic heterocycles. The fraction of sp³-hybridized carbons (Fsp3) is 0.474. The summed E-state index contributed by atoms with van der Waals surface area (Å²) in [5, 5.41) is 0. The molecule has 2 aromatic rings. The van der Waals surface area contributed by atoms with Gasteiger partial charge in [0.1, 0.15) is 0 Å². The van der Waals surface area contributed by atoms with Crippen molar-refractivity contribution in [3.63, 3.8) is 0 Å². The fourth-order valence-corrected chi connectivity index (χ4v) is 4.46. The molecule has 0 bridgehead atoms. The Balaban J connectivity index is 2.10. The highest BCUT2D eigenvalue weighted by Crippen LogP contribution is 2.26. The number of fused-ring (bicyclic) bond motifs is 1. The largest absolute Gasteiger partial charge is 0.305 e. The Morgan fingerprint density at radius 1 is 1.35 bits per heavy atom. The summed E-state index contributed by atoms with van der Waals surface area (Å²) in [5.74, 6) is 2.81. The van der Waals surface area contributed by atoms with E-state index in [0.717, 1.165) is 36.0 Å². The van der Waals surface area contributed by atoms with Crippen molar-refractivity contribution in [2.75, 3.05) is 0 Å². The third kappa shape index (κ3) is 3.25. The van der Waals surface area contributed by atoms with Crippen molar-refractivity contribution in [2.45, 2.75) is 52.5 Å². The summed E-state index contributed by atoms with van der Waals surface area (Å²) < 4.78 is 3.17. The van der Waals surface area contributed by atoms with Gasteiger partial charge in [0, 0.05) is 5.92 Å². The second-order valence-electron chi connectivity index (χ2n) is 6.39. The highest BCUT2D eigenvalue weighted by atomic mass is 32.1. The number of amides is 1. The summed E-state index contributed by atoms with van der Waals surface area (Å²) in [5.41, 5.74) is 3.49. The van der Waals surface area contributed by atoms with Crippen molar-refractivity contribution >= 4 is 27.5 Å². The Labute approximate surface area is 141 Å². The number of benzene rings is 1. The van der Waals surface area contributed by atoms with Gasteiger partial charge < -0.3 is 4.57 Å². The van der Waals surface area contributed by atoms with Gasteiger partial charge in [-0.05, 0) is 43.9 Å². The molecule has 1 fully saturated rings. The summed E-state index contributed by atoms with van der Waals surface area (Å²) in [6.45, 7) is 4.62. The van der Waals surface area contributed by atoms with Crippen LogP contribution in [0.15, 0.2) is 17.1 Å². The van der Waals surface area contributed by atoms with Crippen molar-refractivity contribution in [1.29, 1.82) is 0 Å². The Morgan fingerprint density at radius 2 is 2.09 bits per heavy atom. The van der Waals surface area contributed by atoms with Gasteiger partial charge in [-0.1, -0.05) is 42.6 Å². The van der Waals surface area contributed by atoms with Crippen LogP contribution in [-0.2, 0) is 11.3 Å². The molecule has 3 nitrogen and oxygen atoms in total. The molecule has 23 heavy (non-hydrogen) atoms. The Morgan fingerprint density at radius 3 is 2.78 bits per heavy atom. The molecule has 1 saturated carbocycles. The lowest BCUT2D eigenvalue weighted by atomic mass is 9.89. The molecular weight excluding hydrogens is 304 g/mol. The van der Waals surface area contributed by atoms with Gasteiger partial charge in [0.25, 0.3) is 5.91 Å². The van der Waals surface area contributed by atoms with Gasteiger partial charge in [0.15, 0.2) is 4.80 Å². The number of hydrogen-bond acceptors (Lipinski definition) is 2. The minimum atomic E-state index is 0.0244. The fourth-order valence-electron chi connectivity index (χ4n) is 3.38. The van der Waals surface area contributed by atoms with Gasteiger partial charge in [0.2, 0.25) is 0 Å². The number of carbonyl (C=O) groups is 1. The van der Waals surface area contributed by atoms with Crippen LogP contribution in [-0.4, -0.2) is 10.5 Å². The first-order valence-electron chi connectivity index (χ1n) is 8.23. The van der Waals surface area contributed by atoms with Gasteiger partial charge in [-0.15, -0.1) is 6.42 Å². The first kappa shape index (κ1) is 16.0. The quantitative estimate of drug-likeness (QED) is 0.769. The van der Waals surface area contributed by atoms with Crippen LogP contribution >= 0.6 is 11.3 Å². The van der Waals surface area contributed by atoms with Crippen LogP contribution < -0.4 is 4.80 Å². The van der Waals surface area contributed by atoms with Crippen molar-refractivity contribution < 1.29 is 4.79 Å². The number of terminal acetylenes is 1. The van der Waals surface area contributed by atoms with Crippen LogP contribution in [0.25, 0.3) is 10.2 Å². The van der Waals surface area contributed by atoms with E-state index in [-0.39, 0.29) is 11.8 Å². The smallest absolute Gasteiger partial charge is 0.251 e. The second kappa shape index (κ2) is 6.72. The first-order valence-corrected chi connectivity index (χ1v) is 9.04. The molecule has 0 spiro atoms. The number of thiazole rings is 1. The minimum absolute atomic E-state index is 0.0244. The number of aromatic nitrogens is 1. The molecule has 0 saturated heterocycles. The number of hydrogen-bond donors (Lipinski definition) is 0. The maximum absolute atomic E-state index is 12.5. The highest BCUT2D eigenvalue weighted by molar-refractivity contribution is 7.16. The van der Waals surface area contributed by atoms with Gasteiger partial charge in [-0.25, -0.2) is 0 Å². The molecule has 0 N–H and O–H groups in total. The zero-order chi connectivity index (χ0) is 16.4. The lowest BCUT2D eigenvalue weighted by Crippen LogP contribution is -2.21. The normalized spacial score (nSPS) is 16.7. The number of nitrogens with zero attached hydrogens (tertiary/aromatic N) is 2. The maximum Gasteiger partial charge on any atom is 0.251 e. The van der Waals surface area contributed by atoms with E-state index in [9.17, 15) is 4.79 Å². The molecular formula is C19H22N2OS. The van der Waals surface area contributed by atoms with Crippen LogP contribution in [0.1, 0.15) is 43.2 Å². The van der Waals surface area contributed by atoms with E-state index >= 15 is 0 Å². The van der Waals surface area contributed by atoms with Crippen LogP contribution in [0.5, 0.6) is 0 Å². The molecule has 0 radical (unpaired) electrons. The zero-order valence-corrected chi connectivity index (χ0v) is 14.6. The topological polar surface area (TPSA) is 34.4 Å². The molecule has 0 unspecified atom stereocenters. The molecule has 1 heterocycles. The van der Waals surface area contributed by atoms with Gasteiger partial charge in [-0.3, -0.25) is 4.79 Å². The molecule has 1 aliphatic rings. The molecule has 1 aliphatic carbocycles. The second-order valence-corrected chi connectivity index (χ2v) is 7.37. The zero-order valence-electron chi connectivity index (χ0n) is 13.8. The summed E-state index contributed by atoms with van der Waals surface area (Å²) in [6.07, 6.45) is 11.0. The predicted molar refractivity (Wildman–Crippen MR) is 95.3 cm³/mol. The standard InChI is InChI=1S/C19H22N2OS/c1-4-10-21-16-12-13(2)11-14(3)17(16)23-19(21)20-18(22)15-8-6-5-7-9-15/h1,11-12,15H,5-10H2,2-3H3. The highest BCUT2D eigenvalue weighted by Gasteiger charge is 2.21. The third-order valence-electron chi connectivity index (χ3n) is 4.52. The van der Waals surface area contributed by atoms with E-state index < -0.39 is 0 Å². The van der Waals surface area contributed by atoms with Crippen molar-refractivity contribution in [3.8, 4) is 12.3 Å². The lowest BCUT2D eigenvalue weighted by molar-refractivity contribution is -0.122. The minimum Gasteiger partial charge on any atom is -0.305 e. The molecule has 4 heteroatoms. The van der Waals surface area contributed by atoms with E-state index in [2.05, 4.69) is 36.9 Å². The van der Waals surface area contributed by atoms with Crippen LogP contribution in [0.3, 0.4) is 0 Å². The summed E-state index contributed by atoms with van der Waals surface area (Å²) in [7, 11) is 0. The van der Waals surface area contributed by atoms with Gasteiger partial charge in [0.05, 0.1) is 16.8 Å². The molecule has 3 rings (SSSR count). The Kier molecular flexibility index (Phi) is 4.68. The van der Waals surface area contributed by atoms with Crippen molar-refractivity contribution in [3.05, 3.63) is 28.1 Å². The molecule has 1 amide bonds. The van der Waals surface area contributed by atoms with E-state index in [4.69, 9.17) is 6.42 Å². The summed E-state index contributed by atoms with van der Waals surface area (Å²) in [6, 6.07) is 4.28. The lowest BCUT2D eigenvalue weighted by Gasteiger charge is -2.17. The number of aryl methyl sites for hydroxylation is 2. The first-order chi connectivity index (χ1) is 11.1. The average molecular weight is 326 g/mol. The molecule has 0 aliphatic heterocycles. The Hall–Kier alpha value is -1.86. The van der Waals surface area contributed by atoms with E-state index in [1.54, 1.807) is 11.3 Å². The SMILES string of the molecule is C#CCn1c(=NC(=O)C2CCCCC2)sc2c(C)cc(C)cc21. The van der Waals surface area contributed by atoms with Gasteiger partial charge >= 0.3 is 0 Å². The summed E-state index contributed by atoms with van der Waals surface area (Å²) in [4.78, 5) is 17.7. The van der Waals surface area contributed by atoms with Crippen molar-refractivity contribution in [2.24, 2.45) is 10.9 Å². The number of rotatable bonds is 2. The van der Waals surface area contributed by atoms with Crippen molar-refractivity contribution in [1.82, 2.24) is 4.57 Å². The third-order valence-corrected chi connectivity index (χ3v) is 5.75. The molecule has 0 atom stereocenters. The average Bonchev–Trinajstić information content (AvgIpc) is 2.87. The van der Waals surface area contributed by atoms with E-state index in [1.165, 1.54) is 22.2 Å². The Bertz CT molecular complexity index is 845. The molecule has 1 aromatic carbocycles. The van der Waals surface area contributed by atoms with Crippen LogP contribution in [0, 0.1) is 32.1 Å². The van der Waals surface area contributed by atoms with Crippen LogP contribution in [0.4, 0.5) is 0 Å². The van der Waals surface area contributed by atoms with Crippen LogP contribution in [0.2, 0.25) is 0 Å². The van der Waals surface area contributed by atoms with E-state index in [1.807, 2.05) is 4.57 Å². The monoisotopic (exact) mass is 326 g/mol. The summed E-state index contributed by atoms with van der Waals surface area (Å²) >= 11 is 1.57. The van der Waals surface area contributed by atoms with E-state index in [0.29, 0.717) is 6.54 Å².